The highest BCUT2D eigenvalue weighted by atomic mass is 32.1. The first-order valence-electron chi connectivity index (χ1n) is 6.14. The van der Waals surface area contributed by atoms with Gasteiger partial charge in [-0.15, -0.1) is 0 Å². The van der Waals surface area contributed by atoms with Gasteiger partial charge in [-0.3, -0.25) is 0 Å². The van der Waals surface area contributed by atoms with Gasteiger partial charge in [0.25, 0.3) is 0 Å². The van der Waals surface area contributed by atoms with Crippen molar-refractivity contribution in [3.8, 4) is 0 Å². The van der Waals surface area contributed by atoms with Crippen LogP contribution >= 0.6 is 12.6 Å². The van der Waals surface area contributed by atoms with Crippen LogP contribution in [0.1, 0.15) is 26.7 Å². The molecule has 0 fully saturated rings. The highest BCUT2D eigenvalue weighted by Crippen LogP contribution is 2.30. The second kappa shape index (κ2) is 6.29. The average Bonchev–Trinajstić information content (AvgIpc) is 2.37. The summed E-state index contributed by atoms with van der Waals surface area (Å²) in [6.07, 6.45) is 2.22. The van der Waals surface area contributed by atoms with E-state index in [-0.39, 0.29) is 11.2 Å². The molecule has 0 radical (unpaired) electrons. The predicted molar refractivity (Wildman–Crippen MR) is 76.5 cm³/mol. The number of benzene rings is 1. The van der Waals surface area contributed by atoms with Crippen LogP contribution in [0.3, 0.4) is 0 Å². The van der Waals surface area contributed by atoms with Crippen molar-refractivity contribution in [2.45, 2.75) is 26.7 Å². The quantitative estimate of drug-likeness (QED) is 0.752. The van der Waals surface area contributed by atoms with Crippen molar-refractivity contribution in [1.82, 2.24) is 0 Å². The largest absolute Gasteiger partial charge is 0.374 e. The molecule has 0 aliphatic heterocycles. The van der Waals surface area contributed by atoms with E-state index in [0.717, 1.165) is 30.8 Å². The minimum absolute atomic E-state index is 0.186. The molecule has 1 nitrogen and oxygen atoms in total. The molecule has 1 aromatic carbocycles. The van der Waals surface area contributed by atoms with Crippen molar-refractivity contribution in [1.29, 1.82) is 0 Å². The van der Waals surface area contributed by atoms with Crippen LogP contribution in [-0.4, -0.2) is 19.3 Å². The summed E-state index contributed by atoms with van der Waals surface area (Å²) in [5.41, 5.74) is 1.30. The maximum absolute atomic E-state index is 12.9. The highest BCUT2D eigenvalue weighted by Gasteiger charge is 2.26. The molecule has 0 N–H and O–H groups in total. The van der Waals surface area contributed by atoms with E-state index in [0.29, 0.717) is 0 Å². The number of anilines is 1. The Labute approximate surface area is 109 Å². The molecule has 3 heteroatoms. The summed E-state index contributed by atoms with van der Waals surface area (Å²) in [6.45, 7) is 5.37. The van der Waals surface area contributed by atoms with Crippen LogP contribution in [0.5, 0.6) is 0 Å². The Bertz CT molecular complexity index is 324. The zero-order valence-electron chi connectivity index (χ0n) is 10.9. The Morgan fingerprint density at radius 2 is 1.71 bits per heavy atom. The fourth-order valence-electron chi connectivity index (χ4n) is 2.04. The normalized spacial score (nSPS) is 11.6. The number of nitrogens with zero attached hydrogens (tertiary/aromatic N) is 1. The molecule has 0 amide bonds. The lowest BCUT2D eigenvalue weighted by Crippen LogP contribution is -2.36. The van der Waals surface area contributed by atoms with Crippen LogP contribution in [-0.2, 0) is 0 Å². The van der Waals surface area contributed by atoms with E-state index in [1.807, 2.05) is 12.1 Å². The lowest BCUT2D eigenvalue weighted by molar-refractivity contribution is 0.314. The van der Waals surface area contributed by atoms with Gasteiger partial charge in [0.2, 0.25) is 0 Å². The van der Waals surface area contributed by atoms with Gasteiger partial charge in [-0.1, -0.05) is 13.8 Å². The standard InChI is InChI=1S/C14H22FNS/c1-4-14(5-2,11-17)10-16(3)13-8-6-12(15)7-9-13/h6-9,17H,4-5,10-11H2,1-3H3. The smallest absolute Gasteiger partial charge is 0.123 e. The van der Waals surface area contributed by atoms with Crippen molar-refractivity contribution in [2.24, 2.45) is 5.41 Å². The molecule has 0 heterocycles. The van der Waals surface area contributed by atoms with Gasteiger partial charge in [-0.2, -0.15) is 12.6 Å². The summed E-state index contributed by atoms with van der Waals surface area (Å²) < 4.78 is 12.9. The Kier molecular flexibility index (Phi) is 5.31. The molecule has 0 atom stereocenters. The molecule has 1 rings (SSSR count). The molecular weight excluding hydrogens is 233 g/mol. The summed E-state index contributed by atoms with van der Waals surface area (Å²) in [7, 11) is 2.05. The number of hydrogen-bond acceptors (Lipinski definition) is 2. The minimum atomic E-state index is -0.186. The highest BCUT2D eigenvalue weighted by molar-refractivity contribution is 7.80. The van der Waals surface area contributed by atoms with Crippen molar-refractivity contribution in [2.75, 3.05) is 24.2 Å². The van der Waals surface area contributed by atoms with E-state index in [1.165, 1.54) is 12.1 Å². The van der Waals surface area contributed by atoms with E-state index in [2.05, 4.69) is 38.4 Å². The van der Waals surface area contributed by atoms with Crippen LogP contribution in [0.4, 0.5) is 10.1 Å². The first-order chi connectivity index (χ1) is 8.06. The second-order valence-corrected chi connectivity index (χ2v) is 5.01. The Hall–Kier alpha value is -0.700. The minimum Gasteiger partial charge on any atom is -0.374 e. The number of hydrogen-bond donors (Lipinski definition) is 1. The van der Waals surface area contributed by atoms with Crippen molar-refractivity contribution in [3.63, 3.8) is 0 Å². The Morgan fingerprint density at radius 3 is 2.12 bits per heavy atom. The van der Waals surface area contributed by atoms with Gasteiger partial charge in [-0.25, -0.2) is 4.39 Å². The molecule has 0 aliphatic rings. The summed E-state index contributed by atoms with van der Waals surface area (Å²) in [4.78, 5) is 2.18. The predicted octanol–water partition coefficient (Wildman–Crippen LogP) is 4.00. The van der Waals surface area contributed by atoms with E-state index >= 15 is 0 Å². The molecule has 0 aromatic heterocycles. The molecule has 96 valence electrons. The lowest BCUT2D eigenvalue weighted by Gasteiger charge is -2.35. The first-order valence-corrected chi connectivity index (χ1v) is 6.77. The van der Waals surface area contributed by atoms with Crippen molar-refractivity contribution >= 4 is 18.3 Å². The second-order valence-electron chi connectivity index (χ2n) is 4.70. The summed E-state index contributed by atoms with van der Waals surface area (Å²) in [5.74, 6) is 0.694. The summed E-state index contributed by atoms with van der Waals surface area (Å²) in [6, 6.07) is 6.66. The van der Waals surface area contributed by atoms with Crippen LogP contribution < -0.4 is 4.90 Å². The Balaban J connectivity index is 2.76. The van der Waals surface area contributed by atoms with E-state index in [1.54, 1.807) is 0 Å². The molecule has 1 aromatic rings. The molecule has 17 heavy (non-hydrogen) atoms. The fraction of sp³-hybridized carbons (Fsp3) is 0.571. The van der Waals surface area contributed by atoms with Crippen LogP contribution in [0, 0.1) is 11.2 Å². The van der Waals surface area contributed by atoms with Crippen LogP contribution in [0.25, 0.3) is 0 Å². The molecule has 0 spiro atoms. The maximum Gasteiger partial charge on any atom is 0.123 e. The van der Waals surface area contributed by atoms with Gasteiger partial charge >= 0.3 is 0 Å². The third kappa shape index (κ3) is 3.63. The van der Waals surface area contributed by atoms with Gasteiger partial charge in [0, 0.05) is 19.3 Å². The van der Waals surface area contributed by atoms with Crippen molar-refractivity contribution in [3.05, 3.63) is 30.1 Å². The SMILES string of the molecule is CCC(CC)(CS)CN(C)c1ccc(F)cc1. The molecule has 0 bridgehead atoms. The number of rotatable bonds is 6. The summed E-state index contributed by atoms with van der Waals surface area (Å²) in [5, 5.41) is 0. The topological polar surface area (TPSA) is 3.24 Å². The molecule has 0 unspecified atom stereocenters. The molecular formula is C14H22FNS. The van der Waals surface area contributed by atoms with Crippen LogP contribution in [0.15, 0.2) is 24.3 Å². The van der Waals surface area contributed by atoms with Gasteiger partial charge in [-0.05, 0) is 48.3 Å². The maximum atomic E-state index is 12.9. The first kappa shape index (κ1) is 14.4. The molecule has 0 aliphatic carbocycles. The van der Waals surface area contributed by atoms with E-state index in [9.17, 15) is 4.39 Å². The van der Waals surface area contributed by atoms with Gasteiger partial charge in [0.05, 0.1) is 0 Å². The molecule has 0 saturated carbocycles. The number of thiol groups is 1. The third-order valence-corrected chi connectivity index (χ3v) is 4.35. The zero-order valence-corrected chi connectivity index (χ0v) is 11.8. The van der Waals surface area contributed by atoms with Crippen molar-refractivity contribution < 1.29 is 4.39 Å². The fourth-order valence-corrected chi connectivity index (χ4v) is 2.58. The van der Waals surface area contributed by atoms with E-state index < -0.39 is 0 Å². The number of halogens is 1. The Morgan fingerprint density at radius 1 is 1.18 bits per heavy atom. The zero-order chi connectivity index (χ0) is 12.9. The molecule has 0 saturated heterocycles. The lowest BCUT2D eigenvalue weighted by atomic mass is 9.84. The summed E-state index contributed by atoms with van der Waals surface area (Å²) >= 11 is 4.48. The average molecular weight is 255 g/mol. The van der Waals surface area contributed by atoms with E-state index in [4.69, 9.17) is 0 Å². The van der Waals surface area contributed by atoms with Gasteiger partial charge in [0.1, 0.15) is 5.82 Å². The van der Waals surface area contributed by atoms with Gasteiger partial charge in [0.15, 0.2) is 0 Å². The monoisotopic (exact) mass is 255 g/mol. The van der Waals surface area contributed by atoms with Gasteiger partial charge < -0.3 is 4.90 Å². The third-order valence-electron chi connectivity index (χ3n) is 3.68. The van der Waals surface area contributed by atoms with Crippen LogP contribution in [0.2, 0.25) is 0 Å².